The van der Waals surface area contributed by atoms with Gasteiger partial charge in [-0.2, -0.15) is 0 Å². The van der Waals surface area contributed by atoms with E-state index in [1.165, 1.54) is 26.2 Å². The number of thiazole rings is 1. The van der Waals surface area contributed by atoms with Gasteiger partial charge in [0.1, 0.15) is 10.7 Å². The van der Waals surface area contributed by atoms with Gasteiger partial charge >= 0.3 is 0 Å². The molecule has 0 spiro atoms. The van der Waals surface area contributed by atoms with E-state index in [0.29, 0.717) is 5.82 Å². The largest absolute Gasteiger partial charge is 0.242 e. The van der Waals surface area contributed by atoms with Crippen molar-refractivity contribution in [3.8, 4) is 44.3 Å². The van der Waals surface area contributed by atoms with Gasteiger partial charge < -0.3 is 0 Å². The average Bonchev–Trinajstić information content (AvgIpc) is 3.81. The molecule has 0 radical (unpaired) electrons. The minimum atomic E-state index is 0.665. The maximum Gasteiger partial charge on any atom is 0.182 e. The Kier molecular flexibility index (Phi) is 5.98. The summed E-state index contributed by atoms with van der Waals surface area (Å²) >= 11 is 1.76. The summed E-state index contributed by atoms with van der Waals surface area (Å²) in [5, 5.41) is 11.0. The highest BCUT2D eigenvalue weighted by Gasteiger charge is 2.17. The zero-order chi connectivity index (χ0) is 31.6. The van der Waals surface area contributed by atoms with Gasteiger partial charge in [0.05, 0.1) is 21.3 Å². The number of benzene rings is 7. The van der Waals surface area contributed by atoms with Crippen LogP contribution in [0.25, 0.3) is 92.8 Å². The first-order chi connectivity index (χ1) is 23.8. The van der Waals surface area contributed by atoms with Crippen molar-refractivity contribution in [2.75, 3.05) is 0 Å². The molecule has 0 saturated heterocycles. The summed E-state index contributed by atoms with van der Waals surface area (Å²) < 4.78 is 3.14. The lowest BCUT2D eigenvalue weighted by Gasteiger charge is -2.09. The minimum absolute atomic E-state index is 0.665. The second-order valence-corrected chi connectivity index (χ2v) is 13.0. The molecule has 0 amide bonds. The maximum absolute atomic E-state index is 5.08. The van der Waals surface area contributed by atoms with Crippen molar-refractivity contribution in [2.45, 2.75) is 0 Å². The molecule has 0 aliphatic carbocycles. The summed E-state index contributed by atoms with van der Waals surface area (Å²) in [6, 6.07) is 52.8. The normalized spacial score (nSPS) is 11.8. The molecule has 3 aromatic heterocycles. The lowest BCUT2D eigenvalue weighted by Crippen LogP contribution is -1.97. The predicted octanol–water partition coefficient (Wildman–Crippen LogP) is 10.9. The molecule has 0 N–H and O–H groups in total. The molecule has 224 valence electrons. The maximum atomic E-state index is 5.08. The zero-order valence-electron chi connectivity index (χ0n) is 25.6. The highest BCUT2D eigenvalue weighted by molar-refractivity contribution is 7.22. The molecule has 0 aliphatic heterocycles. The first kappa shape index (κ1) is 26.9. The summed E-state index contributed by atoms with van der Waals surface area (Å²) in [7, 11) is 0. The molecule has 10 rings (SSSR count). The Hall–Kier alpha value is -6.24. The Balaban J connectivity index is 1.13. The molecular formula is C42H25N5S. The Morgan fingerprint density at radius 1 is 0.479 bits per heavy atom. The van der Waals surface area contributed by atoms with Gasteiger partial charge in [0, 0.05) is 22.1 Å². The Morgan fingerprint density at radius 3 is 2.04 bits per heavy atom. The van der Waals surface area contributed by atoms with Crippen LogP contribution < -0.4 is 0 Å². The first-order valence-electron chi connectivity index (χ1n) is 15.9. The van der Waals surface area contributed by atoms with E-state index in [4.69, 9.17) is 20.1 Å². The molecule has 0 saturated carbocycles. The van der Waals surface area contributed by atoms with Crippen LogP contribution in [-0.2, 0) is 0 Å². The summed E-state index contributed by atoms with van der Waals surface area (Å²) in [6.45, 7) is 0. The molecule has 7 aromatic carbocycles. The molecule has 5 nitrogen and oxygen atoms in total. The van der Waals surface area contributed by atoms with E-state index >= 15 is 0 Å². The smallest absolute Gasteiger partial charge is 0.182 e. The lowest BCUT2D eigenvalue weighted by atomic mass is 9.96. The topological polar surface area (TPSA) is 56.0 Å². The lowest BCUT2D eigenvalue weighted by molar-refractivity contribution is 1.00. The third-order valence-corrected chi connectivity index (χ3v) is 10.2. The van der Waals surface area contributed by atoms with E-state index in [1.54, 1.807) is 11.3 Å². The van der Waals surface area contributed by atoms with Crippen molar-refractivity contribution >= 4 is 59.8 Å². The second kappa shape index (κ2) is 10.7. The van der Waals surface area contributed by atoms with Crippen molar-refractivity contribution in [1.82, 2.24) is 24.6 Å². The van der Waals surface area contributed by atoms with Crippen molar-refractivity contribution in [2.24, 2.45) is 0 Å². The molecule has 48 heavy (non-hydrogen) atoms. The number of nitrogens with zero attached hydrogens (tertiary/aromatic N) is 5. The molecule has 3 heterocycles. The third kappa shape index (κ3) is 4.31. The fraction of sp³-hybridized carbons (Fsp3) is 0. The van der Waals surface area contributed by atoms with Crippen LogP contribution in [0.15, 0.2) is 152 Å². The standard InChI is InChI=1S/C42H25N5S/c1-3-10-28(11-4-1)38-41-45-40(46-47(41)36-17-8-7-16-34(36)43-38)32-15-9-14-30(24-32)31-21-19-26-18-20-27-22-23-35-39(37(27)33(26)25-31)48-42(44-35)29-12-5-2-6-13-29/h1-25H. The fourth-order valence-corrected chi connectivity index (χ4v) is 7.84. The highest BCUT2D eigenvalue weighted by atomic mass is 32.1. The van der Waals surface area contributed by atoms with Gasteiger partial charge in [0.25, 0.3) is 0 Å². The number of fused-ring (bicyclic) bond motifs is 8. The number of aromatic nitrogens is 5. The zero-order valence-corrected chi connectivity index (χ0v) is 26.4. The number of hydrogen-bond donors (Lipinski definition) is 0. The van der Waals surface area contributed by atoms with Gasteiger partial charge in [-0.3, -0.25) is 0 Å². The van der Waals surface area contributed by atoms with Crippen molar-refractivity contribution in [1.29, 1.82) is 0 Å². The number of para-hydroxylation sites is 2. The van der Waals surface area contributed by atoms with Gasteiger partial charge in [-0.05, 0) is 57.6 Å². The van der Waals surface area contributed by atoms with Crippen LogP contribution in [0.3, 0.4) is 0 Å². The van der Waals surface area contributed by atoms with E-state index in [-0.39, 0.29) is 0 Å². The van der Waals surface area contributed by atoms with Crippen LogP contribution in [-0.4, -0.2) is 24.6 Å². The quantitative estimate of drug-likeness (QED) is 0.181. The molecule has 0 atom stereocenters. The first-order valence-corrected chi connectivity index (χ1v) is 16.7. The summed E-state index contributed by atoms with van der Waals surface area (Å²) in [4.78, 5) is 15.1. The van der Waals surface area contributed by atoms with Crippen LogP contribution in [0.5, 0.6) is 0 Å². The van der Waals surface area contributed by atoms with E-state index in [9.17, 15) is 0 Å². The van der Waals surface area contributed by atoms with Crippen LogP contribution >= 0.6 is 11.3 Å². The van der Waals surface area contributed by atoms with E-state index in [0.717, 1.165) is 60.7 Å². The Morgan fingerprint density at radius 2 is 1.17 bits per heavy atom. The molecule has 0 aliphatic rings. The molecule has 0 fully saturated rings. The van der Waals surface area contributed by atoms with Gasteiger partial charge in [0.2, 0.25) is 0 Å². The second-order valence-electron chi connectivity index (χ2n) is 12.0. The third-order valence-electron chi connectivity index (χ3n) is 9.04. The van der Waals surface area contributed by atoms with Gasteiger partial charge in [-0.15, -0.1) is 16.4 Å². The van der Waals surface area contributed by atoms with Crippen LogP contribution in [0, 0.1) is 0 Å². The minimum Gasteiger partial charge on any atom is -0.242 e. The van der Waals surface area contributed by atoms with E-state index in [1.807, 2.05) is 53.0 Å². The molecule has 10 aromatic rings. The number of hydrogen-bond acceptors (Lipinski definition) is 5. The van der Waals surface area contributed by atoms with Gasteiger partial charge in [0.15, 0.2) is 11.5 Å². The molecular weight excluding hydrogens is 607 g/mol. The number of rotatable bonds is 4. The average molecular weight is 632 g/mol. The molecule has 6 heteroatoms. The van der Waals surface area contributed by atoms with Crippen LogP contribution in [0.1, 0.15) is 0 Å². The van der Waals surface area contributed by atoms with Crippen molar-refractivity contribution in [3.63, 3.8) is 0 Å². The van der Waals surface area contributed by atoms with Crippen LogP contribution in [0.2, 0.25) is 0 Å². The Labute approximate surface area is 279 Å². The van der Waals surface area contributed by atoms with Gasteiger partial charge in [-0.25, -0.2) is 19.5 Å². The highest BCUT2D eigenvalue weighted by Crippen LogP contribution is 2.40. The fourth-order valence-electron chi connectivity index (χ4n) is 6.70. The summed E-state index contributed by atoms with van der Waals surface area (Å²) in [5.74, 6) is 0.665. The van der Waals surface area contributed by atoms with Crippen LogP contribution in [0.4, 0.5) is 0 Å². The Bertz CT molecular complexity index is 2840. The molecule has 0 unspecified atom stereocenters. The van der Waals surface area contributed by atoms with Crippen molar-refractivity contribution < 1.29 is 0 Å². The van der Waals surface area contributed by atoms with E-state index < -0.39 is 0 Å². The van der Waals surface area contributed by atoms with E-state index in [2.05, 4.69) is 103 Å². The summed E-state index contributed by atoms with van der Waals surface area (Å²) in [6.07, 6.45) is 0. The predicted molar refractivity (Wildman–Crippen MR) is 198 cm³/mol. The monoisotopic (exact) mass is 631 g/mol. The SMILES string of the molecule is c1ccc(-c2nc3ccc4ccc5ccc(-c6cccc(-c7nc8c(-c9ccccc9)nc9ccccc9n8n7)c6)cc5c4c3s2)cc1. The van der Waals surface area contributed by atoms with Gasteiger partial charge in [-0.1, -0.05) is 121 Å². The van der Waals surface area contributed by atoms with Crippen molar-refractivity contribution in [3.05, 3.63) is 152 Å². The molecule has 0 bridgehead atoms. The summed E-state index contributed by atoms with van der Waals surface area (Å²) in [5.41, 5.74) is 9.74.